The molecule has 1 amide bonds. The number of carbonyl (C=O) groups is 1. The molecule has 1 atom stereocenters. The van der Waals surface area contributed by atoms with E-state index in [0.29, 0.717) is 0 Å². The molecular weight excluding hydrogens is 198 g/mol. The van der Waals surface area contributed by atoms with Gasteiger partial charge in [0, 0.05) is 11.5 Å². The maximum atomic E-state index is 11.9. The van der Waals surface area contributed by atoms with Crippen molar-refractivity contribution in [2.24, 2.45) is 5.92 Å². The molecule has 0 radical (unpaired) electrons. The largest absolute Gasteiger partial charge is 0.351 e. The first-order valence-electron chi connectivity index (χ1n) is 5.74. The molecule has 0 fully saturated rings. The number of nitrogens with one attached hydrogen (secondary N) is 1. The van der Waals surface area contributed by atoms with Gasteiger partial charge in [0.2, 0.25) is 5.91 Å². The molecule has 0 saturated carbocycles. The highest BCUT2D eigenvalue weighted by molar-refractivity contribution is 5.79. The molecular formula is C14H21NO. The second-order valence-corrected chi connectivity index (χ2v) is 5.33. The van der Waals surface area contributed by atoms with Crippen molar-refractivity contribution in [2.45, 2.75) is 39.7 Å². The third-order valence-electron chi connectivity index (χ3n) is 2.33. The highest BCUT2D eigenvalue weighted by Crippen LogP contribution is 2.10. The van der Waals surface area contributed by atoms with E-state index < -0.39 is 0 Å². The van der Waals surface area contributed by atoms with E-state index in [4.69, 9.17) is 0 Å². The minimum atomic E-state index is -0.151. The molecule has 1 rings (SSSR count). The third kappa shape index (κ3) is 4.47. The van der Waals surface area contributed by atoms with Crippen LogP contribution in [0.25, 0.3) is 0 Å². The molecule has 0 spiro atoms. The smallest absolute Gasteiger partial charge is 0.223 e. The first kappa shape index (κ1) is 12.8. The first-order chi connectivity index (χ1) is 7.38. The number of hydrogen-bond donors (Lipinski definition) is 1. The van der Waals surface area contributed by atoms with Crippen LogP contribution in [0.4, 0.5) is 0 Å². The zero-order chi connectivity index (χ0) is 12.2. The SMILES string of the molecule is C[C@H](Cc1ccccc1)C(=O)NC(C)(C)C. The third-order valence-corrected chi connectivity index (χ3v) is 2.33. The lowest BCUT2D eigenvalue weighted by molar-refractivity contribution is -0.125. The molecule has 16 heavy (non-hydrogen) atoms. The average molecular weight is 219 g/mol. The van der Waals surface area contributed by atoms with E-state index in [1.54, 1.807) is 0 Å². The molecule has 0 aliphatic heterocycles. The number of hydrogen-bond acceptors (Lipinski definition) is 1. The summed E-state index contributed by atoms with van der Waals surface area (Å²) in [4.78, 5) is 11.9. The van der Waals surface area contributed by atoms with Gasteiger partial charge < -0.3 is 5.32 Å². The van der Waals surface area contributed by atoms with Gasteiger partial charge in [-0.1, -0.05) is 37.3 Å². The van der Waals surface area contributed by atoms with Crippen LogP contribution in [0.5, 0.6) is 0 Å². The molecule has 0 aromatic heterocycles. The predicted octanol–water partition coefficient (Wildman–Crippen LogP) is 2.78. The molecule has 0 heterocycles. The summed E-state index contributed by atoms with van der Waals surface area (Å²) >= 11 is 0. The van der Waals surface area contributed by atoms with E-state index >= 15 is 0 Å². The van der Waals surface area contributed by atoms with Crippen LogP contribution in [-0.4, -0.2) is 11.4 Å². The molecule has 2 heteroatoms. The predicted molar refractivity (Wildman–Crippen MR) is 67.2 cm³/mol. The fraction of sp³-hybridized carbons (Fsp3) is 0.500. The Kier molecular flexibility index (Phi) is 4.11. The van der Waals surface area contributed by atoms with Gasteiger partial charge in [-0.3, -0.25) is 4.79 Å². The lowest BCUT2D eigenvalue weighted by Crippen LogP contribution is -2.43. The van der Waals surface area contributed by atoms with Crippen molar-refractivity contribution in [1.29, 1.82) is 0 Å². The van der Waals surface area contributed by atoms with Gasteiger partial charge in [0.1, 0.15) is 0 Å². The topological polar surface area (TPSA) is 29.1 Å². The summed E-state index contributed by atoms with van der Waals surface area (Å²) < 4.78 is 0. The second-order valence-electron chi connectivity index (χ2n) is 5.33. The van der Waals surface area contributed by atoms with Crippen molar-refractivity contribution in [3.8, 4) is 0 Å². The number of amides is 1. The van der Waals surface area contributed by atoms with Gasteiger partial charge in [0.15, 0.2) is 0 Å². The molecule has 0 aliphatic carbocycles. The van der Waals surface area contributed by atoms with E-state index in [-0.39, 0.29) is 17.4 Å². The van der Waals surface area contributed by atoms with Crippen molar-refractivity contribution < 1.29 is 4.79 Å². The van der Waals surface area contributed by atoms with E-state index in [0.717, 1.165) is 6.42 Å². The monoisotopic (exact) mass is 219 g/mol. The van der Waals surface area contributed by atoms with Gasteiger partial charge in [0.25, 0.3) is 0 Å². The summed E-state index contributed by atoms with van der Waals surface area (Å²) in [5.74, 6) is 0.137. The van der Waals surface area contributed by atoms with Gasteiger partial charge in [-0.25, -0.2) is 0 Å². The molecule has 1 aromatic rings. The van der Waals surface area contributed by atoms with Crippen LogP contribution in [0.1, 0.15) is 33.3 Å². The Morgan fingerprint density at radius 3 is 2.31 bits per heavy atom. The zero-order valence-electron chi connectivity index (χ0n) is 10.6. The lowest BCUT2D eigenvalue weighted by atomic mass is 9.99. The van der Waals surface area contributed by atoms with Crippen molar-refractivity contribution in [3.63, 3.8) is 0 Å². The molecule has 0 bridgehead atoms. The summed E-state index contributed by atoms with van der Waals surface area (Å²) in [6, 6.07) is 10.1. The fourth-order valence-electron chi connectivity index (χ4n) is 1.55. The Bertz CT molecular complexity index is 338. The van der Waals surface area contributed by atoms with Crippen LogP contribution in [0.3, 0.4) is 0 Å². The molecule has 2 nitrogen and oxygen atoms in total. The molecule has 88 valence electrons. The van der Waals surface area contributed by atoms with E-state index in [9.17, 15) is 4.79 Å². The van der Waals surface area contributed by atoms with E-state index in [1.807, 2.05) is 45.9 Å². The van der Waals surface area contributed by atoms with E-state index in [1.165, 1.54) is 5.56 Å². The Labute approximate surface area is 98.1 Å². The van der Waals surface area contributed by atoms with Gasteiger partial charge in [-0.05, 0) is 32.8 Å². The molecule has 1 N–H and O–H groups in total. The molecule has 0 saturated heterocycles. The molecule has 1 aromatic carbocycles. The molecule has 0 aliphatic rings. The van der Waals surface area contributed by atoms with Crippen LogP contribution in [-0.2, 0) is 11.2 Å². The normalized spacial score (nSPS) is 13.2. The highest BCUT2D eigenvalue weighted by atomic mass is 16.2. The maximum absolute atomic E-state index is 11.9. The fourth-order valence-corrected chi connectivity index (χ4v) is 1.55. The summed E-state index contributed by atoms with van der Waals surface area (Å²) in [6.07, 6.45) is 0.794. The van der Waals surface area contributed by atoms with Gasteiger partial charge in [0.05, 0.1) is 0 Å². The Morgan fingerprint density at radius 2 is 1.81 bits per heavy atom. The second kappa shape index (κ2) is 5.15. The van der Waals surface area contributed by atoms with Crippen LogP contribution in [0.2, 0.25) is 0 Å². The molecule has 0 unspecified atom stereocenters. The zero-order valence-corrected chi connectivity index (χ0v) is 10.6. The number of rotatable bonds is 3. The van der Waals surface area contributed by atoms with Crippen LogP contribution >= 0.6 is 0 Å². The number of carbonyl (C=O) groups excluding carboxylic acids is 1. The van der Waals surface area contributed by atoms with Gasteiger partial charge >= 0.3 is 0 Å². The Hall–Kier alpha value is -1.31. The van der Waals surface area contributed by atoms with Crippen molar-refractivity contribution >= 4 is 5.91 Å². The maximum Gasteiger partial charge on any atom is 0.223 e. The van der Waals surface area contributed by atoms with Crippen molar-refractivity contribution in [1.82, 2.24) is 5.32 Å². The van der Waals surface area contributed by atoms with Crippen LogP contribution < -0.4 is 5.32 Å². The van der Waals surface area contributed by atoms with Gasteiger partial charge in [-0.15, -0.1) is 0 Å². The Balaban J connectivity index is 2.53. The van der Waals surface area contributed by atoms with Crippen molar-refractivity contribution in [2.75, 3.05) is 0 Å². The number of benzene rings is 1. The standard InChI is InChI=1S/C14H21NO/c1-11(13(16)15-14(2,3)4)10-12-8-6-5-7-9-12/h5-9,11H,10H2,1-4H3,(H,15,16)/t11-/m1/s1. The lowest BCUT2D eigenvalue weighted by Gasteiger charge is -2.23. The quantitative estimate of drug-likeness (QED) is 0.832. The summed E-state index contributed by atoms with van der Waals surface area (Å²) in [7, 11) is 0. The highest BCUT2D eigenvalue weighted by Gasteiger charge is 2.19. The average Bonchev–Trinajstić information content (AvgIpc) is 2.16. The minimum absolute atomic E-state index is 0.0154. The first-order valence-corrected chi connectivity index (χ1v) is 5.74. The summed E-state index contributed by atoms with van der Waals surface area (Å²) in [5.41, 5.74) is 1.06. The van der Waals surface area contributed by atoms with Gasteiger partial charge in [-0.2, -0.15) is 0 Å². The van der Waals surface area contributed by atoms with Crippen LogP contribution in [0, 0.1) is 5.92 Å². The van der Waals surface area contributed by atoms with Crippen molar-refractivity contribution in [3.05, 3.63) is 35.9 Å². The summed E-state index contributed by atoms with van der Waals surface area (Å²) in [6.45, 7) is 7.97. The van der Waals surface area contributed by atoms with Crippen LogP contribution in [0.15, 0.2) is 30.3 Å². The van der Waals surface area contributed by atoms with E-state index in [2.05, 4.69) is 17.4 Å². The Morgan fingerprint density at radius 1 is 1.25 bits per heavy atom. The minimum Gasteiger partial charge on any atom is -0.351 e. The summed E-state index contributed by atoms with van der Waals surface area (Å²) in [5, 5.41) is 3.00.